The average Bonchev–Trinajstić information content (AvgIpc) is 3.29. The van der Waals surface area contributed by atoms with Gasteiger partial charge in [0.25, 0.3) is 5.91 Å². The zero-order valence-electron chi connectivity index (χ0n) is 16.0. The molecule has 7 nitrogen and oxygen atoms in total. The van der Waals surface area contributed by atoms with Gasteiger partial charge in [0.2, 0.25) is 0 Å². The van der Waals surface area contributed by atoms with E-state index in [1.54, 1.807) is 6.07 Å². The number of hydrogen-bond donors (Lipinski definition) is 3. The summed E-state index contributed by atoms with van der Waals surface area (Å²) >= 11 is 0. The van der Waals surface area contributed by atoms with Gasteiger partial charge in [-0.25, -0.2) is 0 Å². The largest absolute Gasteiger partial charge is 0.480 e. The molecule has 2 saturated carbocycles. The number of carboxylic acids is 1. The normalized spacial score (nSPS) is 21.4. The van der Waals surface area contributed by atoms with Gasteiger partial charge in [0.05, 0.1) is 12.2 Å². The van der Waals surface area contributed by atoms with Crippen LogP contribution in [0.2, 0.25) is 0 Å². The second-order valence-electron chi connectivity index (χ2n) is 8.10. The lowest BCUT2D eigenvalue weighted by atomic mass is 9.85. The Kier molecular flexibility index (Phi) is 5.17. The highest BCUT2D eigenvalue weighted by molar-refractivity contribution is 5.93. The average molecular weight is 382 g/mol. The lowest BCUT2D eigenvalue weighted by molar-refractivity contribution is -0.139. The van der Waals surface area contributed by atoms with Gasteiger partial charge in [-0.2, -0.15) is 5.10 Å². The lowest BCUT2D eigenvalue weighted by Gasteiger charge is -2.42. The van der Waals surface area contributed by atoms with E-state index in [0.717, 1.165) is 30.6 Å². The van der Waals surface area contributed by atoms with Crippen molar-refractivity contribution >= 4 is 11.9 Å². The van der Waals surface area contributed by atoms with Crippen molar-refractivity contribution in [1.82, 2.24) is 20.4 Å². The monoisotopic (exact) mass is 382 g/mol. The van der Waals surface area contributed by atoms with Crippen LogP contribution in [0.25, 0.3) is 11.3 Å². The minimum atomic E-state index is -0.783. The van der Waals surface area contributed by atoms with Crippen LogP contribution in [0.3, 0.4) is 0 Å². The number of hydrogen-bond acceptors (Lipinski definition) is 4. The predicted octanol–water partition coefficient (Wildman–Crippen LogP) is 2.44. The highest BCUT2D eigenvalue weighted by Gasteiger charge is 2.37. The zero-order valence-corrected chi connectivity index (χ0v) is 16.0. The van der Waals surface area contributed by atoms with Crippen molar-refractivity contribution in [3.05, 3.63) is 41.6 Å². The molecule has 2 fully saturated rings. The third-order valence-corrected chi connectivity index (χ3v) is 5.66. The van der Waals surface area contributed by atoms with E-state index in [1.807, 2.05) is 31.2 Å². The van der Waals surface area contributed by atoms with E-state index in [1.165, 1.54) is 18.4 Å². The summed E-state index contributed by atoms with van der Waals surface area (Å²) in [6, 6.07) is 10.1. The number of aliphatic carboxylic acids is 1. The molecule has 4 rings (SSSR count). The molecule has 0 radical (unpaired) electrons. The maximum Gasteiger partial charge on any atom is 0.317 e. The first-order chi connectivity index (χ1) is 13.5. The molecule has 0 unspecified atom stereocenters. The van der Waals surface area contributed by atoms with Gasteiger partial charge in [0.1, 0.15) is 5.69 Å². The fourth-order valence-electron chi connectivity index (χ4n) is 3.73. The number of rotatable bonds is 8. The minimum Gasteiger partial charge on any atom is -0.480 e. The number of aromatic nitrogens is 2. The van der Waals surface area contributed by atoms with Gasteiger partial charge >= 0.3 is 5.97 Å². The molecule has 1 amide bonds. The molecule has 3 N–H and O–H groups in total. The summed E-state index contributed by atoms with van der Waals surface area (Å²) in [5.41, 5.74) is 3.33. The van der Waals surface area contributed by atoms with E-state index in [-0.39, 0.29) is 24.5 Å². The second-order valence-corrected chi connectivity index (χ2v) is 8.10. The number of nitrogens with one attached hydrogen (secondary N) is 2. The Bertz CT molecular complexity index is 851. The van der Waals surface area contributed by atoms with E-state index in [9.17, 15) is 9.59 Å². The highest BCUT2D eigenvalue weighted by Crippen LogP contribution is 2.33. The summed E-state index contributed by atoms with van der Waals surface area (Å²) in [5, 5.41) is 19.2. The molecule has 2 aromatic rings. The number of H-pyrrole nitrogens is 1. The molecule has 2 aliphatic carbocycles. The molecule has 2 aliphatic rings. The fourth-order valence-corrected chi connectivity index (χ4v) is 3.73. The van der Waals surface area contributed by atoms with Crippen LogP contribution in [0.5, 0.6) is 0 Å². The van der Waals surface area contributed by atoms with Crippen LogP contribution in [0.1, 0.15) is 41.7 Å². The number of amides is 1. The molecule has 1 heterocycles. The number of nitrogens with zero attached hydrogens (tertiary/aromatic N) is 2. The maximum absolute atomic E-state index is 12.5. The van der Waals surface area contributed by atoms with Crippen molar-refractivity contribution in [2.45, 2.75) is 44.7 Å². The summed E-state index contributed by atoms with van der Waals surface area (Å²) in [7, 11) is 0. The van der Waals surface area contributed by atoms with Crippen LogP contribution < -0.4 is 5.32 Å². The van der Waals surface area contributed by atoms with Gasteiger partial charge in [0, 0.05) is 24.2 Å². The van der Waals surface area contributed by atoms with E-state index >= 15 is 0 Å². The Labute approximate surface area is 164 Å². The smallest absolute Gasteiger partial charge is 0.317 e. The molecule has 0 atom stereocenters. The quantitative estimate of drug-likeness (QED) is 0.651. The molecular formula is C21H26N4O3. The van der Waals surface area contributed by atoms with Crippen molar-refractivity contribution in [2.24, 2.45) is 5.92 Å². The van der Waals surface area contributed by atoms with Gasteiger partial charge in [-0.1, -0.05) is 29.8 Å². The number of aromatic amines is 1. The maximum atomic E-state index is 12.5. The third kappa shape index (κ3) is 4.42. The van der Waals surface area contributed by atoms with E-state index < -0.39 is 5.97 Å². The SMILES string of the molecule is Cc1ccc(-c2cc(C(=O)NC3CC(N(CC(=O)O)CC4CC4)C3)[nH]n2)cc1. The first kappa shape index (κ1) is 18.7. The van der Waals surface area contributed by atoms with Crippen LogP contribution in [0.4, 0.5) is 0 Å². The predicted molar refractivity (Wildman–Crippen MR) is 105 cm³/mol. The van der Waals surface area contributed by atoms with Gasteiger partial charge in [0.15, 0.2) is 0 Å². The molecule has 0 aliphatic heterocycles. The van der Waals surface area contributed by atoms with Gasteiger partial charge in [-0.05, 0) is 44.6 Å². The Morgan fingerprint density at radius 2 is 1.96 bits per heavy atom. The van der Waals surface area contributed by atoms with Crippen molar-refractivity contribution in [1.29, 1.82) is 0 Å². The third-order valence-electron chi connectivity index (χ3n) is 5.66. The molecule has 1 aromatic heterocycles. The Morgan fingerprint density at radius 1 is 1.25 bits per heavy atom. The molecular weight excluding hydrogens is 356 g/mol. The van der Waals surface area contributed by atoms with Crippen LogP contribution in [0.15, 0.2) is 30.3 Å². The molecule has 7 heteroatoms. The fraction of sp³-hybridized carbons (Fsp3) is 0.476. The van der Waals surface area contributed by atoms with Gasteiger partial charge in [-0.3, -0.25) is 19.6 Å². The van der Waals surface area contributed by atoms with Crippen molar-refractivity contribution in [3.8, 4) is 11.3 Å². The van der Waals surface area contributed by atoms with Crippen LogP contribution >= 0.6 is 0 Å². The Balaban J connectivity index is 1.30. The molecule has 28 heavy (non-hydrogen) atoms. The first-order valence-electron chi connectivity index (χ1n) is 9.87. The standard InChI is InChI=1S/C21H26N4O3/c1-13-2-6-15(7-3-13)18-10-19(24-23-18)21(28)22-16-8-17(9-16)25(12-20(26)27)11-14-4-5-14/h2-3,6-7,10,14,16-17H,4-5,8-9,11-12H2,1H3,(H,22,28)(H,23,24)(H,26,27). The first-order valence-corrected chi connectivity index (χ1v) is 9.87. The molecule has 0 saturated heterocycles. The number of carbonyl (C=O) groups is 2. The number of carbonyl (C=O) groups excluding carboxylic acids is 1. The number of carboxylic acid groups (broad SMARTS) is 1. The molecule has 148 valence electrons. The summed E-state index contributed by atoms with van der Waals surface area (Å²) < 4.78 is 0. The van der Waals surface area contributed by atoms with Crippen LogP contribution in [-0.2, 0) is 4.79 Å². The minimum absolute atomic E-state index is 0.0825. The topological polar surface area (TPSA) is 98.3 Å². The zero-order chi connectivity index (χ0) is 19.7. The van der Waals surface area contributed by atoms with E-state index in [2.05, 4.69) is 20.4 Å². The van der Waals surface area contributed by atoms with Crippen LogP contribution in [-0.4, -0.2) is 57.3 Å². The van der Waals surface area contributed by atoms with E-state index in [4.69, 9.17) is 5.11 Å². The summed E-state index contributed by atoms with van der Waals surface area (Å²) in [6.45, 7) is 2.97. The summed E-state index contributed by atoms with van der Waals surface area (Å²) in [6.07, 6.45) is 3.99. The number of aryl methyl sites for hydroxylation is 1. The summed E-state index contributed by atoms with van der Waals surface area (Å²) in [4.78, 5) is 25.7. The highest BCUT2D eigenvalue weighted by atomic mass is 16.4. The lowest BCUT2D eigenvalue weighted by Crippen LogP contribution is -2.55. The van der Waals surface area contributed by atoms with Gasteiger partial charge in [-0.15, -0.1) is 0 Å². The Morgan fingerprint density at radius 3 is 2.61 bits per heavy atom. The van der Waals surface area contributed by atoms with Crippen LogP contribution in [0, 0.1) is 12.8 Å². The molecule has 0 spiro atoms. The second kappa shape index (κ2) is 7.75. The summed E-state index contributed by atoms with van der Waals surface area (Å²) in [5.74, 6) is -0.298. The molecule has 0 bridgehead atoms. The van der Waals surface area contributed by atoms with Crippen molar-refractivity contribution in [3.63, 3.8) is 0 Å². The van der Waals surface area contributed by atoms with Crippen molar-refractivity contribution in [2.75, 3.05) is 13.1 Å². The van der Waals surface area contributed by atoms with E-state index in [0.29, 0.717) is 11.6 Å². The Hall–Kier alpha value is -2.67. The molecule has 1 aromatic carbocycles. The van der Waals surface area contributed by atoms with Gasteiger partial charge < -0.3 is 10.4 Å². The van der Waals surface area contributed by atoms with Crippen molar-refractivity contribution < 1.29 is 14.7 Å². The number of benzene rings is 1.